The van der Waals surface area contributed by atoms with Crippen molar-refractivity contribution in [1.82, 2.24) is 4.40 Å². The highest BCUT2D eigenvalue weighted by molar-refractivity contribution is 7.25. The number of aromatic nitrogens is 1. The molecule has 35 heavy (non-hydrogen) atoms. The molecule has 9 aromatic rings. The summed E-state index contributed by atoms with van der Waals surface area (Å²) in [6.45, 7) is 0. The van der Waals surface area contributed by atoms with Crippen LogP contribution in [0.5, 0.6) is 0 Å². The molecule has 5 aromatic carbocycles. The molecule has 4 aromatic heterocycles. The number of nitrogens with zero attached hydrogens (tertiary/aromatic N) is 1. The third-order valence-electron chi connectivity index (χ3n) is 7.54. The molecule has 0 saturated carbocycles. The third-order valence-corrected chi connectivity index (χ3v) is 8.68. The van der Waals surface area contributed by atoms with E-state index in [-0.39, 0.29) is 0 Å². The first-order chi connectivity index (χ1) is 17.3. The van der Waals surface area contributed by atoms with Crippen molar-refractivity contribution in [2.45, 2.75) is 0 Å². The van der Waals surface area contributed by atoms with Gasteiger partial charge in [0.1, 0.15) is 11.2 Å². The van der Waals surface area contributed by atoms with Crippen LogP contribution in [-0.2, 0) is 0 Å². The van der Waals surface area contributed by atoms with Gasteiger partial charge in [-0.2, -0.15) is 0 Å². The number of rotatable bonds is 0. The topological polar surface area (TPSA) is 17.6 Å². The largest absolute Gasteiger partial charge is 0.456 e. The van der Waals surface area contributed by atoms with Crippen molar-refractivity contribution < 1.29 is 4.42 Å². The van der Waals surface area contributed by atoms with Gasteiger partial charge in [0.15, 0.2) is 0 Å². The van der Waals surface area contributed by atoms with Crippen LogP contribution in [0.2, 0.25) is 0 Å². The van der Waals surface area contributed by atoms with Crippen molar-refractivity contribution in [2.24, 2.45) is 0 Å². The summed E-state index contributed by atoms with van der Waals surface area (Å²) >= 11 is 1.88. The Bertz CT molecular complexity index is 2330. The van der Waals surface area contributed by atoms with E-state index >= 15 is 0 Å². The number of thiophene rings is 1. The van der Waals surface area contributed by atoms with E-state index in [4.69, 9.17) is 4.42 Å². The number of benzene rings is 5. The van der Waals surface area contributed by atoms with Crippen molar-refractivity contribution >= 4 is 91.4 Å². The van der Waals surface area contributed by atoms with E-state index in [0.29, 0.717) is 0 Å². The summed E-state index contributed by atoms with van der Waals surface area (Å²) < 4.78 is 11.4. The van der Waals surface area contributed by atoms with Crippen LogP contribution in [0.4, 0.5) is 0 Å². The van der Waals surface area contributed by atoms with Crippen molar-refractivity contribution in [3.8, 4) is 0 Å². The van der Waals surface area contributed by atoms with E-state index in [9.17, 15) is 0 Å². The predicted molar refractivity (Wildman–Crippen MR) is 150 cm³/mol. The average molecular weight is 464 g/mol. The molecule has 0 spiro atoms. The van der Waals surface area contributed by atoms with Crippen LogP contribution in [-0.4, -0.2) is 4.40 Å². The smallest absolute Gasteiger partial charge is 0.137 e. The monoisotopic (exact) mass is 463 g/mol. The minimum atomic E-state index is 0.930. The zero-order valence-electron chi connectivity index (χ0n) is 18.6. The molecule has 0 amide bonds. The highest BCUT2D eigenvalue weighted by Gasteiger charge is 2.19. The van der Waals surface area contributed by atoms with Gasteiger partial charge in [-0.15, -0.1) is 11.3 Å². The van der Waals surface area contributed by atoms with Crippen LogP contribution in [0.25, 0.3) is 80.1 Å². The summed E-state index contributed by atoms with van der Waals surface area (Å²) in [6, 6.07) is 35.1. The minimum Gasteiger partial charge on any atom is -0.456 e. The molecular formula is C32H17NOS. The molecule has 162 valence electrons. The molecule has 9 rings (SSSR count). The number of fused-ring (bicyclic) bond motifs is 15. The molecule has 4 heterocycles. The number of hydrogen-bond acceptors (Lipinski definition) is 2. The summed E-state index contributed by atoms with van der Waals surface area (Å²) in [5, 5.41) is 11.4. The van der Waals surface area contributed by atoms with Crippen molar-refractivity contribution in [3.63, 3.8) is 0 Å². The van der Waals surface area contributed by atoms with Gasteiger partial charge >= 0.3 is 0 Å². The first-order valence-electron chi connectivity index (χ1n) is 11.9. The molecule has 0 fully saturated rings. The molecule has 0 aliphatic rings. The summed E-state index contributed by atoms with van der Waals surface area (Å²) in [4.78, 5) is 0. The van der Waals surface area contributed by atoms with E-state index in [1.807, 2.05) is 17.4 Å². The molecular weight excluding hydrogens is 446 g/mol. The zero-order chi connectivity index (χ0) is 22.7. The Morgan fingerprint density at radius 1 is 0.514 bits per heavy atom. The Kier molecular flexibility index (Phi) is 3.20. The van der Waals surface area contributed by atoms with Crippen LogP contribution in [0, 0.1) is 0 Å². The van der Waals surface area contributed by atoms with E-state index in [1.54, 1.807) is 0 Å². The SMILES string of the molecule is c1ccc2c(c1)cn1c2c2cc3c(cc2c2ccc4oc5ccccc5c4c21)sc1ccccc13. The van der Waals surface area contributed by atoms with E-state index in [0.717, 1.165) is 16.6 Å². The highest BCUT2D eigenvalue weighted by Crippen LogP contribution is 2.44. The van der Waals surface area contributed by atoms with Crippen LogP contribution in [0.1, 0.15) is 0 Å². The molecule has 0 radical (unpaired) electrons. The van der Waals surface area contributed by atoms with E-state index in [2.05, 4.69) is 102 Å². The lowest BCUT2D eigenvalue weighted by Gasteiger charge is -2.11. The number of furan rings is 1. The Balaban J connectivity index is 1.65. The second-order valence-corrected chi connectivity index (χ2v) is 10.4. The van der Waals surface area contributed by atoms with Gasteiger partial charge in [-0.05, 0) is 41.8 Å². The lowest BCUT2D eigenvalue weighted by atomic mass is 9.99. The van der Waals surface area contributed by atoms with Crippen molar-refractivity contribution in [3.05, 3.63) is 103 Å². The second-order valence-electron chi connectivity index (χ2n) is 9.36. The Hall–Kier alpha value is -4.34. The van der Waals surface area contributed by atoms with Crippen LogP contribution >= 0.6 is 11.3 Å². The summed E-state index contributed by atoms with van der Waals surface area (Å²) in [7, 11) is 0. The number of para-hydroxylation sites is 1. The second kappa shape index (κ2) is 6.21. The predicted octanol–water partition coefficient (Wildman–Crippen LogP) is 9.67. The fourth-order valence-electron chi connectivity index (χ4n) is 6.07. The van der Waals surface area contributed by atoms with Crippen molar-refractivity contribution in [1.29, 1.82) is 0 Å². The van der Waals surface area contributed by atoms with Gasteiger partial charge in [-0.25, -0.2) is 0 Å². The molecule has 0 bridgehead atoms. The lowest BCUT2D eigenvalue weighted by molar-refractivity contribution is 0.669. The summed E-state index contributed by atoms with van der Waals surface area (Å²) in [5.41, 5.74) is 4.34. The first kappa shape index (κ1) is 18.0. The fourth-order valence-corrected chi connectivity index (χ4v) is 7.19. The quantitative estimate of drug-likeness (QED) is 0.205. The first-order valence-corrected chi connectivity index (χ1v) is 12.7. The maximum Gasteiger partial charge on any atom is 0.137 e. The van der Waals surface area contributed by atoms with Crippen LogP contribution < -0.4 is 0 Å². The maximum absolute atomic E-state index is 6.29. The standard InChI is InChI=1S/C32H17NOS/c1-2-8-19-18(7-1)17-33-31(19)25-15-24-20-9-4-6-12-28(20)35-29(24)16-23(25)21-13-14-27-30(32(21)33)22-10-3-5-11-26(22)34-27/h1-17H. The van der Waals surface area contributed by atoms with Gasteiger partial charge in [-0.3, -0.25) is 0 Å². The molecule has 0 aliphatic heterocycles. The zero-order valence-corrected chi connectivity index (χ0v) is 19.4. The molecule has 3 heteroatoms. The van der Waals surface area contributed by atoms with Gasteiger partial charge in [-0.1, -0.05) is 60.7 Å². The Morgan fingerprint density at radius 3 is 2.26 bits per heavy atom. The Morgan fingerprint density at radius 2 is 1.31 bits per heavy atom. The molecule has 0 aliphatic carbocycles. The van der Waals surface area contributed by atoms with Gasteiger partial charge < -0.3 is 8.82 Å². The van der Waals surface area contributed by atoms with Crippen LogP contribution in [0.15, 0.2) is 108 Å². The lowest BCUT2D eigenvalue weighted by Crippen LogP contribution is -1.91. The van der Waals surface area contributed by atoms with Crippen LogP contribution in [0.3, 0.4) is 0 Å². The average Bonchev–Trinajstić information content (AvgIpc) is 3.58. The molecule has 0 atom stereocenters. The summed E-state index contributed by atoms with van der Waals surface area (Å²) in [5.74, 6) is 0. The minimum absolute atomic E-state index is 0.930. The maximum atomic E-state index is 6.29. The molecule has 0 unspecified atom stereocenters. The van der Waals surface area contributed by atoms with Gasteiger partial charge in [0, 0.05) is 53.3 Å². The Labute approximate surface area is 203 Å². The fraction of sp³-hybridized carbons (Fsp3) is 0. The molecule has 0 saturated heterocycles. The summed E-state index contributed by atoms with van der Waals surface area (Å²) in [6.07, 6.45) is 2.30. The van der Waals surface area contributed by atoms with Gasteiger partial charge in [0.25, 0.3) is 0 Å². The number of hydrogen-bond donors (Lipinski definition) is 0. The highest BCUT2D eigenvalue weighted by atomic mass is 32.1. The third kappa shape index (κ3) is 2.20. The van der Waals surface area contributed by atoms with Gasteiger partial charge in [0.2, 0.25) is 0 Å². The van der Waals surface area contributed by atoms with E-state index in [1.165, 1.54) is 63.5 Å². The van der Waals surface area contributed by atoms with Gasteiger partial charge in [0.05, 0.1) is 16.4 Å². The normalized spacial score (nSPS) is 12.6. The van der Waals surface area contributed by atoms with Crippen molar-refractivity contribution in [2.75, 3.05) is 0 Å². The van der Waals surface area contributed by atoms with E-state index < -0.39 is 0 Å². The molecule has 2 nitrogen and oxygen atoms in total. The number of pyridine rings is 1. The molecule has 0 N–H and O–H groups in total.